The molecule has 0 saturated heterocycles. The minimum atomic E-state index is -0.0496. The molecule has 0 saturated carbocycles. The van der Waals surface area contributed by atoms with Crippen molar-refractivity contribution in [3.63, 3.8) is 0 Å². The predicted octanol–water partition coefficient (Wildman–Crippen LogP) is 1.32. The first-order valence-electron chi connectivity index (χ1n) is 6.37. The Morgan fingerprint density at radius 2 is 1.69 bits per heavy atom. The minimum absolute atomic E-state index is 0.0496. The van der Waals surface area contributed by atoms with Gasteiger partial charge in [0, 0.05) is 39.3 Å². The fourth-order valence-electron chi connectivity index (χ4n) is 1.36. The van der Waals surface area contributed by atoms with Gasteiger partial charge in [-0.2, -0.15) is 0 Å². The molecule has 0 bridgehead atoms. The van der Waals surface area contributed by atoms with Crippen LogP contribution in [0, 0.1) is 0 Å². The quantitative estimate of drug-likeness (QED) is 0.430. The molecule has 0 aliphatic rings. The number of hydrogen-bond donors (Lipinski definition) is 1. The molecule has 0 aliphatic heterocycles. The average Bonchev–Trinajstić information content (AvgIpc) is 2.28. The van der Waals surface area contributed by atoms with Crippen LogP contribution in [-0.4, -0.2) is 57.6 Å². The van der Waals surface area contributed by atoms with Crippen LogP contribution in [0.1, 0.15) is 27.2 Å². The first kappa shape index (κ1) is 15.8. The fourth-order valence-corrected chi connectivity index (χ4v) is 1.36. The van der Waals surface area contributed by atoms with E-state index >= 15 is 0 Å². The highest BCUT2D eigenvalue weighted by atomic mass is 16.7. The monoisotopic (exact) mass is 232 g/mol. The summed E-state index contributed by atoms with van der Waals surface area (Å²) in [5.74, 6) is 0. The van der Waals surface area contributed by atoms with Crippen LogP contribution in [-0.2, 0) is 9.47 Å². The third kappa shape index (κ3) is 9.09. The van der Waals surface area contributed by atoms with Crippen molar-refractivity contribution in [2.45, 2.75) is 33.5 Å². The number of hydrogen-bond acceptors (Lipinski definition) is 4. The first-order valence-corrected chi connectivity index (χ1v) is 6.37. The molecule has 0 radical (unpaired) electrons. The largest absolute Gasteiger partial charge is 0.353 e. The molecule has 0 fully saturated rings. The zero-order valence-corrected chi connectivity index (χ0v) is 11.3. The lowest BCUT2D eigenvalue weighted by Gasteiger charge is -2.18. The molecule has 0 amide bonds. The maximum Gasteiger partial charge on any atom is 0.158 e. The van der Waals surface area contributed by atoms with Crippen molar-refractivity contribution in [1.82, 2.24) is 10.2 Å². The van der Waals surface area contributed by atoms with Crippen LogP contribution >= 0.6 is 0 Å². The Bertz CT molecular complexity index is 139. The minimum Gasteiger partial charge on any atom is -0.353 e. The van der Waals surface area contributed by atoms with E-state index in [-0.39, 0.29) is 6.29 Å². The Kier molecular flexibility index (Phi) is 11.2. The molecule has 0 spiro atoms. The van der Waals surface area contributed by atoms with Crippen molar-refractivity contribution in [3.8, 4) is 0 Å². The van der Waals surface area contributed by atoms with Crippen LogP contribution < -0.4 is 5.32 Å². The number of likely N-dealkylation sites (N-methyl/N-ethyl adjacent to an activating group) is 1. The summed E-state index contributed by atoms with van der Waals surface area (Å²) in [5, 5.41) is 3.40. The van der Waals surface area contributed by atoms with Gasteiger partial charge in [-0.3, -0.25) is 0 Å². The summed E-state index contributed by atoms with van der Waals surface area (Å²) in [7, 11) is 2.13. The highest BCUT2D eigenvalue weighted by Crippen LogP contribution is 1.99. The second-order valence-electron chi connectivity index (χ2n) is 3.77. The van der Waals surface area contributed by atoms with Crippen molar-refractivity contribution in [2.24, 2.45) is 0 Å². The number of nitrogens with one attached hydrogen (secondary N) is 1. The van der Waals surface area contributed by atoms with Crippen molar-refractivity contribution < 1.29 is 9.47 Å². The van der Waals surface area contributed by atoms with Gasteiger partial charge in [-0.05, 0) is 27.4 Å². The highest BCUT2D eigenvalue weighted by Gasteiger charge is 2.06. The topological polar surface area (TPSA) is 33.7 Å². The van der Waals surface area contributed by atoms with E-state index in [1.54, 1.807) is 0 Å². The zero-order chi connectivity index (χ0) is 12.2. The van der Waals surface area contributed by atoms with Gasteiger partial charge in [-0.1, -0.05) is 6.92 Å². The number of nitrogens with zero attached hydrogens (tertiary/aromatic N) is 1. The third-order valence-corrected chi connectivity index (χ3v) is 2.47. The lowest BCUT2D eigenvalue weighted by Crippen LogP contribution is -2.31. The van der Waals surface area contributed by atoms with Crippen molar-refractivity contribution in [1.29, 1.82) is 0 Å². The normalized spacial score (nSPS) is 11.6. The fraction of sp³-hybridized carbons (Fsp3) is 1.00. The molecule has 0 aliphatic carbocycles. The predicted molar refractivity (Wildman–Crippen MR) is 67.7 cm³/mol. The highest BCUT2D eigenvalue weighted by molar-refractivity contribution is 4.55. The van der Waals surface area contributed by atoms with E-state index < -0.39 is 0 Å². The Morgan fingerprint density at radius 3 is 2.19 bits per heavy atom. The smallest absolute Gasteiger partial charge is 0.158 e. The summed E-state index contributed by atoms with van der Waals surface area (Å²) < 4.78 is 10.9. The van der Waals surface area contributed by atoms with Crippen molar-refractivity contribution in [3.05, 3.63) is 0 Å². The summed E-state index contributed by atoms with van der Waals surface area (Å²) >= 11 is 0. The van der Waals surface area contributed by atoms with E-state index in [1.807, 2.05) is 13.8 Å². The Hall–Kier alpha value is -0.160. The second-order valence-corrected chi connectivity index (χ2v) is 3.77. The van der Waals surface area contributed by atoms with Gasteiger partial charge in [-0.15, -0.1) is 0 Å². The molecular formula is C12H28N2O2. The standard InChI is InChI=1S/C12H28N2O2/c1-5-14(4)11-10-13-9-8-12(15-6-2)16-7-3/h12-13H,5-11H2,1-4H3. The summed E-state index contributed by atoms with van der Waals surface area (Å²) in [6, 6.07) is 0. The molecule has 1 N–H and O–H groups in total. The molecule has 0 rings (SSSR count). The molecule has 4 nitrogen and oxygen atoms in total. The molecule has 16 heavy (non-hydrogen) atoms. The lowest BCUT2D eigenvalue weighted by atomic mass is 10.4. The van der Waals surface area contributed by atoms with E-state index in [4.69, 9.17) is 9.47 Å². The van der Waals surface area contributed by atoms with Crippen molar-refractivity contribution >= 4 is 0 Å². The zero-order valence-electron chi connectivity index (χ0n) is 11.3. The van der Waals surface area contributed by atoms with E-state index in [2.05, 4.69) is 24.2 Å². The Morgan fingerprint density at radius 1 is 1.06 bits per heavy atom. The summed E-state index contributed by atoms with van der Waals surface area (Å²) in [4.78, 5) is 2.29. The molecule has 0 aromatic carbocycles. The molecule has 0 aromatic heterocycles. The molecule has 98 valence electrons. The van der Waals surface area contributed by atoms with Crippen LogP contribution in [0.3, 0.4) is 0 Å². The van der Waals surface area contributed by atoms with Gasteiger partial charge in [0.25, 0.3) is 0 Å². The lowest BCUT2D eigenvalue weighted by molar-refractivity contribution is -0.138. The van der Waals surface area contributed by atoms with E-state index in [0.717, 1.165) is 32.6 Å². The van der Waals surface area contributed by atoms with E-state index in [1.165, 1.54) is 0 Å². The van der Waals surface area contributed by atoms with Gasteiger partial charge in [-0.25, -0.2) is 0 Å². The maximum atomic E-state index is 5.46. The average molecular weight is 232 g/mol. The van der Waals surface area contributed by atoms with Gasteiger partial charge >= 0.3 is 0 Å². The molecule has 0 aromatic rings. The van der Waals surface area contributed by atoms with Gasteiger partial charge < -0.3 is 19.7 Å². The third-order valence-electron chi connectivity index (χ3n) is 2.47. The first-order chi connectivity index (χ1) is 7.74. The number of ether oxygens (including phenoxy) is 2. The molecule has 0 heterocycles. The van der Waals surface area contributed by atoms with Gasteiger partial charge in [0.2, 0.25) is 0 Å². The van der Waals surface area contributed by atoms with E-state index in [0.29, 0.717) is 13.2 Å². The van der Waals surface area contributed by atoms with Crippen LogP contribution in [0.15, 0.2) is 0 Å². The van der Waals surface area contributed by atoms with Gasteiger partial charge in [0.15, 0.2) is 6.29 Å². The van der Waals surface area contributed by atoms with Gasteiger partial charge in [0.1, 0.15) is 0 Å². The van der Waals surface area contributed by atoms with Crippen LogP contribution in [0.5, 0.6) is 0 Å². The molecule has 0 atom stereocenters. The maximum absolute atomic E-state index is 5.46. The van der Waals surface area contributed by atoms with Crippen molar-refractivity contribution in [2.75, 3.05) is 46.4 Å². The Labute approximate surface area is 100 Å². The van der Waals surface area contributed by atoms with Gasteiger partial charge in [0.05, 0.1) is 0 Å². The van der Waals surface area contributed by atoms with Crippen LogP contribution in [0.4, 0.5) is 0 Å². The second kappa shape index (κ2) is 11.3. The summed E-state index contributed by atoms with van der Waals surface area (Å²) in [5.41, 5.74) is 0. The Balaban J connectivity index is 3.39. The van der Waals surface area contributed by atoms with Crippen LogP contribution in [0.25, 0.3) is 0 Å². The number of rotatable bonds is 11. The SMILES string of the molecule is CCOC(CCNCCN(C)CC)OCC. The molecule has 0 unspecified atom stereocenters. The summed E-state index contributed by atoms with van der Waals surface area (Å²) in [6.45, 7) is 11.7. The molecular weight excluding hydrogens is 204 g/mol. The molecule has 4 heteroatoms. The summed E-state index contributed by atoms with van der Waals surface area (Å²) in [6.07, 6.45) is 0.865. The van der Waals surface area contributed by atoms with Crippen LogP contribution in [0.2, 0.25) is 0 Å². The van der Waals surface area contributed by atoms with E-state index in [9.17, 15) is 0 Å².